The van der Waals surface area contributed by atoms with Gasteiger partial charge in [0, 0.05) is 24.9 Å². The third kappa shape index (κ3) is 5.75. The summed E-state index contributed by atoms with van der Waals surface area (Å²) < 4.78 is 44.9. The highest BCUT2D eigenvalue weighted by Gasteiger charge is 2.55. The van der Waals surface area contributed by atoms with Crippen LogP contribution in [-0.2, 0) is 34.0 Å². The monoisotopic (exact) mass is 564 g/mol. The highest BCUT2D eigenvalue weighted by atomic mass is 32.2. The topological polar surface area (TPSA) is 78.9 Å². The lowest BCUT2D eigenvalue weighted by Gasteiger charge is -2.44. The van der Waals surface area contributed by atoms with Gasteiger partial charge in [0.25, 0.3) is 18.4 Å². The number of carbonyl (C=O) groups excluding carboxylic acids is 1. The molecule has 1 aliphatic carbocycles. The lowest BCUT2D eigenvalue weighted by atomic mass is 9.93. The van der Waals surface area contributed by atoms with E-state index in [9.17, 15) is 13.2 Å². The number of rotatable bonds is 9. The maximum Gasteiger partial charge on any atom is 0.306 e. The molecule has 0 N–H and O–H groups in total. The lowest BCUT2D eigenvalue weighted by Crippen LogP contribution is -2.67. The number of esters is 1. The van der Waals surface area contributed by atoms with Gasteiger partial charge in [-0.2, -0.15) is 8.42 Å². The molecular weight excluding hydrogens is 528 g/mol. The van der Waals surface area contributed by atoms with Gasteiger partial charge in [0.15, 0.2) is 0 Å². The molecule has 4 atom stereocenters. The molecule has 2 fully saturated rings. The van der Waals surface area contributed by atoms with Crippen LogP contribution < -0.4 is 10.4 Å². The molecule has 1 aliphatic heterocycles. The second kappa shape index (κ2) is 11.0. The minimum atomic E-state index is -3.87. The highest BCUT2D eigenvalue weighted by Crippen LogP contribution is 2.45. The Hall–Kier alpha value is -2.78. The van der Waals surface area contributed by atoms with E-state index in [-0.39, 0.29) is 47.7 Å². The average Bonchev–Trinajstić information content (AvgIpc) is 3.40. The van der Waals surface area contributed by atoms with Gasteiger partial charge in [-0.3, -0.25) is 8.98 Å². The van der Waals surface area contributed by atoms with Gasteiger partial charge in [-0.05, 0) is 21.0 Å². The fourth-order valence-corrected chi connectivity index (χ4v) is 12.1. The summed E-state index contributed by atoms with van der Waals surface area (Å²) in [6.07, 6.45) is -0.390. The van der Waals surface area contributed by atoms with Crippen molar-refractivity contribution in [2.45, 2.75) is 56.6 Å². The zero-order valence-corrected chi connectivity index (χ0v) is 24.5. The molecule has 0 bridgehead atoms. The van der Waals surface area contributed by atoms with Crippen molar-refractivity contribution in [3.63, 3.8) is 0 Å². The zero-order valence-electron chi connectivity index (χ0n) is 22.7. The van der Waals surface area contributed by atoms with Crippen LogP contribution in [0.15, 0.2) is 91.0 Å². The van der Waals surface area contributed by atoms with Gasteiger partial charge in [-0.15, -0.1) is 0 Å². The van der Waals surface area contributed by atoms with Gasteiger partial charge in [-0.1, -0.05) is 112 Å². The Morgan fingerprint density at radius 1 is 0.872 bits per heavy atom. The molecule has 1 heterocycles. The van der Waals surface area contributed by atoms with Gasteiger partial charge in [-0.25, -0.2) is 0 Å². The maximum atomic E-state index is 13.1. The summed E-state index contributed by atoms with van der Waals surface area (Å²) in [5, 5.41) is 2.06. The predicted octanol–water partition coefficient (Wildman–Crippen LogP) is 4.43. The van der Waals surface area contributed by atoms with E-state index in [0.717, 1.165) is 10.4 Å². The Kier molecular flexibility index (Phi) is 7.83. The Morgan fingerprint density at radius 2 is 1.41 bits per heavy atom. The number of benzene rings is 3. The van der Waals surface area contributed by atoms with E-state index >= 15 is 0 Å². The molecule has 0 amide bonds. The number of fused-ring (bicyclic) bond motifs is 1. The molecule has 0 radical (unpaired) electrons. The summed E-state index contributed by atoms with van der Waals surface area (Å²) in [6, 6.07) is 29.7. The van der Waals surface area contributed by atoms with Crippen molar-refractivity contribution < 1.29 is 26.6 Å². The van der Waals surface area contributed by atoms with Gasteiger partial charge in [0.1, 0.15) is 11.9 Å². The molecule has 6 nitrogen and oxygen atoms in total. The molecule has 39 heavy (non-hydrogen) atoms. The van der Waals surface area contributed by atoms with Crippen LogP contribution in [0.3, 0.4) is 0 Å². The van der Waals surface area contributed by atoms with E-state index in [1.807, 2.05) is 54.6 Å². The van der Waals surface area contributed by atoms with E-state index in [4.69, 9.17) is 13.3 Å². The van der Waals surface area contributed by atoms with Crippen LogP contribution in [0.25, 0.3) is 0 Å². The van der Waals surface area contributed by atoms with E-state index in [1.165, 1.54) is 0 Å². The largest absolute Gasteiger partial charge is 0.462 e. The number of ether oxygens (including phenoxy) is 1. The third-order valence-corrected chi connectivity index (χ3v) is 14.3. The van der Waals surface area contributed by atoms with Crippen molar-refractivity contribution in [2.75, 3.05) is 6.61 Å². The minimum Gasteiger partial charge on any atom is -0.462 e. The molecule has 0 spiro atoms. The van der Waals surface area contributed by atoms with Crippen molar-refractivity contribution in [1.29, 1.82) is 0 Å². The summed E-state index contributed by atoms with van der Waals surface area (Å²) >= 11 is 0. The van der Waals surface area contributed by atoms with Crippen molar-refractivity contribution in [3.8, 4) is 0 Å². The smallest absolute Gasteiger partial charge is 0.306 e. The second-order valence-corrected chi connectivity index (χ2v) is 17.5. The first-order valence-corrected chi connectivity index (χ1v) is 17.0. The molecule has 5 rings (SSSR count). The lowest BCUT2D eigenvalue weighted by molar-refractivity contribution is -0.141. The van der Waals surface area contributed by atoms with E-state index in [1.54, 1.807) is 12.1 Å². The molecule has 3 aromatic carbocycles. The Morgan fingerprint density at radius 3 is 1.95 bits per heavy atom. The van der Waals surface area contributed by atoms with E-state index < -0.39 is 24.5 Å². The van der Waals surface area contributed by atoms with Crippen molar-refractivity contribution in [3.05, 3.63) is 96.6 Å². The first-order chi connectivity index (χ1) is 18.6. The first kappa shape index (κ1) is 27.8. The summed E-state index contributed by atoms with van der Waals surface area (Å²) in [6.45, 7) is 6.89. The van der Waals surface area contributed by atoms with Crippen molar-refractivity contribution >= 4 is 34.8 Å². The van der Waals surface area contributed by atoms with Gasteiger partial charge >= 0.3 is 5.97 Å². The molecule has 8 heteroatoms. The summed E-state index contributed by atoms with van der Waals surface area (Å²) in [7, 11) is -6.72. The predicted molar refractivity (Wildman–Crippen MR) is 154 cm³/mol. The van der Waals surface area contributed by atoms with Crippen LogP contribution in [-0.4, -0.2) is 41.5 Å². The third-order valence-electron chi connectivity index (χ3n) is 8.02. The summed E-state index contributed by atoms with van der Waals surface area (Å²) in [5.41, 5.74) is 0.669. The van der Waals surface area contributed by atoms with Gasteiger partial charge in [0.05, 0.1) is 12.5 Å². The molecule has 3 aromatic rings. The Bertz CT molecular complexity index is 1330. The molecule has 1 saturated carbocycles. The van der Waals surface area contributed by atoms with Crippen molar-refractivity contribution in [1.82, 2.24) is 0 Å². The van der Waals surface area contributed by atoms with Crippen LogP contribution in [0, 0.1) is 11.8 Å². The molecule has 0 aromatic heterocycles. The number of hydrogen-bond donors (Lipinski definition) is 0. The molecule has 206 valence electrons. The first-order valence-electron chi connectivity index (χ1n) is 13.5. The molecule has 1 saturated heterocycles. The molecule has 0 unspecified atom stereocenters. The van der Waals surface area contributed by atoms with Crippen LogP contribution in [0.4, 0.5) is 0 Å². The zero-order chi connectivity index (χ0) is 27.7. The van der Waals surface area contributed by atoms with Crippen LogP contribution in [0.5, 0.6) is 0 Å². The standard InChI is InChI=1S/C31H36O6SSi/c1-31(2,3)39(24-15-9-5-10-16-24,25-17-11-6-12-18-25)35-21-27-26-19-30(32)36-28(26)20-29(27)37-38(33,34)22-23-13-7-4-8-14-23/h4-18,26-29H,19-22H2,1-3H3/t26-,27-,28+,29-/m0/s1. The SMILES string of the molecule is CC(C)(C)[Si](OC[C@H]1[C@@H]2CC(=O)O[C@@H]2C[C@@H]1OS(=O)(=O)Cc1ccccc1)(c1ccccc1)c1ccccc1. The summed E-state index contributed by atoms with van der Waals surface area (Å²) in [4.78, 5) is 12.2. The normalized spacial score (nSPS) is 23.4. The highest BCUT2D eigenvalue weighted by molar-refractivity contribution is 7.85. The van der Waals surface area contributed by atoms with Crippen LogP contribution >= 0.6 is 0 Å². The maximum absolute atomic E-state index is 13.1. The molecular formula is C31H36O6SSi. The Balaban J connectivity index is 1.47. The Labute approximate surface area is 232 Å². The number of carbonyl (C=O) groups is 1. The van der Waals surface area contributed by atoms with E-state index in [2.05, 4.69) is 45.0 Å². The van der Waals surface area contributed by atoms with Crippen LogP contribution in [0.2, 0.25) is 5.04 Å². The second-order valence-electron chi connectivity index (χ2n) is 11.6. The van der Waals surface area contributed by atoms with Crippen LogP contribution in [0.1, 0.15) is 39.2 Å². The number of hydrogen-bond acceptors (Lipinski definition) is 6. The average molecular weight is 565 g/mol. The molecule has 2 aliphatic rings. The van der Waals surface area contributed by atoms with E-state index in [0.29, 0.717) is 12.0 Å². The van der Waals surface area contributed by atoms with Crippen molar-refractivity contribution in [2.24, 2.45) is 11.8 Å². The minimum absolute atomic E-state index is 0.146. The fraction of sp³-hybridized carbons (Fsp3) is 0.387. The quantitative estimate of drug-likeness (QED) is 0.217. The van der Waals surface area contributed by atoms with Gasteiger partial charge in [0.2, 0.25) is 0 Å². The van der Waals surface area contributed by atoms with Gasteiger partial charge < -0.3 is 9.16 Å². The fourth-order valence-electron chi connectivity index (χ4n) is 6.28. The summed E-state index contributed by atoms with van der Waals surface area (Å²) in [5.74, 6) is -0.894.